The van der Waals surface area contributed by atoms with Crippen molar-refractivity contribution in [3.63, 3.8) is 0 Å². The van der Waals surface area contributed by atoms with Crippen molar-refractivity contribution in [3.8, 4) is 0 Å². The van der Waals surface area contributed by atoms with Gasteiger partial charge < -0.3 is 10.6 Å². The lowest BCUT2D eigenvalue weighted by Gasteiger charge is -2.27. The molecule has 1 heterocycles. The van der Waals surface area contributed by atoms with Crippen molar-refractivity contribution >= 4 is 11.8 Å². The molecule has 2 N–H and O–H groups in total. The maximum Gasteiger partial charge on any atom is 0.245 e. The minimum Gasteiger partial charge on any atom is -0.351 e. The normalized spacial score (nSPS) is 38.6. The fraction of sp³-hybridized carbons (Fsp3) is 0.800. The van der Waals surface area contributed by atoms with Crippen LogP contribution in [0.5, 0.6) is 0 Å². The van der Waals surface area contributed by atoms with Gasteiger partial charge in [0.05, 0.1) is 0 Å². The summed E-state index contributed by atoms with van der Waals surface area (Å²) in [5.74, 6) is 0.278. The maximum atomic E-state index is 11.8. The minimum absolute atomic E-state index is 0.0229. The van der Waals surface area contributed by atoms with Crippen molar-refractivity contribution in [2.45, 2.75) is 44.7 Å². The van der Waals surface area contributed by atoms with Gasteiger partial charge in [-0.25, -0.2) is 0 Å². The third-order valence-electron chi connectivity index (χ3n) is 3.13. The zero-order valence-corrected chi connectivity index (χ0v) is 8.59. The number of nitrogens with one attached hydrogen (secondary N) is 2. The molecule has 2 amide bonds. The molecule has 2 unspecified atom stereocenters. The number of carbonyl (C=O) groups excluding carboxylic acids is 2. The summed E-state index contributed by atoms with van der Waals surface area (Å²) in [7, 11) is 0. The lowest BCUT2D eigenvalue weighted by Crippen LogP contribution is -2.56. The molecule has 2 fully saturated rings. The monoisotopic (exact) mass is 196 g/mol. The summed E-state index contributed by atoms with van der Waals surface area (Å²) in [5, 5.41) is 5.71. The highest BCUT2D eigenvalue weighted by atomic mass is 16.2. The Bertz CT molecular complexity index is 286. The van der Waals surface area contributed by atoms with Crippen molar-refractivity contribution in [2.75, 3.05) is 0 Å². The van der Waals surface area contributed by atoms with Gasteiger partial charge in [0.15, 0.2) is 0 Å². The Kier molecular flexibility index (Phi) is 2.01. The molecule has 1 aliphatic carbocycles. The van der Waals surface area contributed by atoms with Crippen LogP contribution in [0.1, 0.15) is 33.1 Å². The van der Waals surface area contributed by atoms with Crippen molar-refractivity contribution in [2.24, 2.45) is 5.92 Å². The second kappa shape index (κ2) is 2.97. The van der Waals surface area contributed by atoms with Gasteiger partial charge in [-0.05, 0) is 32.6 Å². The molecule has 1 saturated heterocycles. The molecular weight excluding hydrogens is 180 g/mol. The van der Waals surface area contributed by atoms with Gasteiger partial charge in [0.25, 0.3) is 0 Å². The lowest BCUT2D eigenvalue weighted by molar-refractivity contribution is -0.131. The van der Waals surface area contributed by atoms with Crippen LogP contribution in [-0.4, -0.2) is 23.4 Å². The summed E-state index contributed by atoms with van der Waals surface area (Å²) >= 11 is 0. The van der Waals surface area contributed by atoms with Gasteiger partial charge in [0.1, 0.15) is 5.54 Å². The van der Waals surface area contributed by atoms with Crippen LogP contribution < -0.4 is 10.6 Å². The Balaban J connectivity index is 2.22. The number of amides is 2. The van der Waals surface area contributed by atoms with Gasteiger partial charge >= 0.3 is 0 Å². The van der Waals surface area contributed by atoms with Gasteiger partial charge in [-0.2, -0.15) is 0 Å². The molecule has 14 heavy (non-hydrogen) atoms. The number of carbonyl (C=O) groups is 2. The van der Waals surface area contributed by atoms with E-state index >= 15 is 0 Å². The van der Waals surface area contributed by atoms with E-state index in [9.17, 15) is 9.59 Å². The van der Waals surface area contributed by atoms with E-state index in [4.69, 9.17) is 0 Å². The molecule has 0 radical (unpaired) electrons. The summed E-state index contributed by atoms with van der Waals surface area (Å²) in [5.41, 5.74) is -0.665. The van der Waals surface area contributed by atoms with Crippen LogP contribution in [0.25, 0.3) is 0 Å². The molecule has 4 nitrogen and oxygen atoms in total. The Morgan fingerprint density at radius 3 is 2.57 bits per heavy atom. The summed E-state index contributed by atoms with van der Waals surface area (Å²) in [6.07, 6.45) is 2.46. The lowest BCUT2D eigenvalue weighted by atomic mass is 9.95. The molecule has 4 heteroatoms. The first-order chi connectivity index (χ1) is 6.52. The van der Waals surface area contributed by atoms with Gasteiger partial charge in [-0.3, -0.25) is 9.59 Å². The molecule has 0 aromatic carbocycles. The second-order valence-corrected chi connectivity index (χ2v) is 4.60. The molecule has 0 spiro atoms. The van der Waals surface area contributed by atoms with E-state index in [-0.39, 0.29) is 17.9 Å². The van der Waals surface area contributed by atoms with Gasteiger partial charge in [-0.15, -0.1) is 0 Å². The maximum absolute atomic E-state index is 11.8. The quantitative estimate of drug-likeness (QED) is 0.628. The molecule has 0 aromatic rings. The minimum atomic E-state index is -0.665. The first kappa shape index (κ1) is 9.49. The van der Waals surface area contributed by atoms with Crippen LogP contribution in [0, 0.1) is 5.92 Å². The van der Waals surface area contributed by atoms with E-state index in [0.717, 1.165) is 12.8 Å². The SMILES string of the molecule is CC1CC(=O)NC(C)(C2CC2)C(=O)N1. The standard InChI is InChI=1S/C10H16N2O2/c1-6-5-8(13)12-10(2,7-3-4-7)9(14)11-6/h6-7H,3-5H2,1-2H3,(H,11,14)(H,12,13). The highest BCUT2D eigenvalue weighted by Crippen LogP contribution is 2.40. The summed E-state index contributed by atoms with van der Waals surface area (Å²) in [6.45, 7) is 3.69. The third kappa shape index (κ3) is 1.49. The predicted molar refractivity (Wildman–Crippen MR) is 51.5 cm³/mol. The van der Waals surface area contributed by atoms with E-state index in [1.165, 1.54) is 0 Å². The van der Waals surface area contributed by atoms with Crippen LogP contribution >= 0.6 is 0 Å². The zero-order valence-electron chi connectivity index (χ0n) is 8.59. The van der Waals surface area contributed by atoms with Crippen molar-refractivity contribution < 1.29 is 9.59 Å². The first-order valence-electron chi connectivity index (χ1n) is 5.14. The van der Waals surface area contributed by atoms with Gasteiger partial charge in [0.2, 0.25) is 11.8 Å². The van der Waals surface area contributed by atoms with E-state index in [0.29, 0.717) is 12.3 Å². The Hall–Kier alpha value is -1.06. The molecule has 2 atom stereocenters. The Morgan fingerprint density at radius 2 is 2.00 bits per heavy atom. The van der Waals surface area contributed by atoms with Crippen LogP contribution in [0.4, 0.5) is 0 Å². The van der Waals surface area contributed by atoms with Crippen LogP contribution in [0.15, 0.2) is 0 Å². The second-order valence-electron chi connectivity index (χ2n) is 4.60. The van der Waals surface area contributed by atoms with Gasteiger partial charge in [-0.1, -0.05) is 0 Å². The number of hydrogen-bond acceptors (Lipinski definition) is 2. The summed E-state index contributed by atoms with van der Waals surface area (Å²) < 4.78 is 0. The van der Waals surface area contributed by atoms with E-state index in [2.05, 4.69) is 10.6 Å². The molecule has 2 aliphatic rings. The molecule has 0 bridgehead atoms. The summed E-state index contributed by atoms with van der Waals surface area (Å²) in [4.78, 5) is 23.3. The fourth-order valence-electron chi connectivity index (χ4n) is 2.05. The average Bonchev–Trinajstić information content (AvgIpc) is 2.82. The molecule has 1 saturated carbocycles. The molecule has 78 valence electrons. The first-order valence-corrected chi connectivity index (χ1v) is 5.14. The number of rotatable bonds is 1. The van der Waals surface area contributed by atoms with Gasteiger partial charge in [0, 0.05) is 12.5 Å². The third-order valence-corrected chi connectivity index (χ3v) is 3.13. The zero-order chi connectivity index (χ0) is 10.3. The summed E-state index contributed by atoms with van der Waals surface area (Å²) in [6, 6.07) is -0.0527. The molecule has 2 rings (SSSR count). The van der Waals surface area contributed by atoms with Crippen molar-refractivity contribution in [1.82, 2.24) is 10.6 Å². The predicted octanol–water partition coefficient (Wildman–Crippen LogP) is 0.180. The Labute approximate surface area is 83.4 Å². The van der Waals surface area contributed by atoms with Crippen molar-refractivity contribution in [3.05, 3.63) is 0 Å². The fourth-order valence-corrected chi connectivity index (χ4v) is 2.05. The van der Waals surface area contributed by atoms with E-state index < -0.39 is 5.54 Å². The largest absolute Gasteiger partial charge is 0.351 e. The molecular formula is C10H16N2O2. The molecule has 0 aromatic heterocycles. The highest BCUT2D eigenvalue weighted by molar-refractivity contribution is 5.94. The topological polar surface area (TPSA) is 58.2 Å². The number of hydrogen-bond donors (Lipinski definition) is 2. The van der Waals surface area contributed by atoms with E-state index in [1.807, 2.05) is 13.8 Å². The van der Waals surface area contributed by atoms with Crippen LogP contribution in [-0.2, 0) is 9.59 Å². The Morgan fingerprint density at radius 1 is 1.36 bits per heavy atom. The van der Waals surface area contributed by atoms with E-state index in [1.54, 1.807) is 0 Å². The average molecular weight is 196 g/mol. The van der Waals surface area contributed by atoms with Crippen molar-refractivity contribution in [1.29, 1.82) is 0 Å². The van der Waals surface area contributed by atoms with Crippen LogP contribution in [0.3, 0.4) is 0 Å². The van der Waals surface area contributed by atoms with Crippen LogP contribution in [0.2, 0.25) is 0 Å². The highest BCUT2D eigenvalue weighted by Gasteiger charge is 2.49. The smallest absolute Gasteiger partial charge is 0.245 e. The molecule has 1 aliphatic heterocycles.